The van der Waals surface area contributed by atoms with Gasteiger partial charge in [0, 0.05) is 11.1 Å². The second kappa shape index (κ2) is 8.32. The third-order valence-corrected chi connectivity index (χ3v) is 5.24. The standard InChI is InChI=1S/C23H14ClF3O6/c1-11-8-14(9-12(2)18(11)24)31-20-19(28)15-6-5-13(32-22(29)16-4-3-7-30-16)10-17(15)33-21(20)23(25,26)27/h3-10H,1-2H3. The number of carbonyl (C=O) groups excluding carboxylic acids is 1. The first-order chi connectivity index (χ1) is 15.5. The minimum Gasteiger partial charge on any atom is -0.457 e. The molecule has 4 aromatic rings. The molecule has 0 N–H and O–H groups in total. The van der Waals surface area contributed by atoms with Crippen molar-refractivity contribution in [3.63, 3.8) is 0 Å². The summed E-state index contributed by atoms with van der Waals surface area (Å²) in [5, 5.41) is 0.235. The summed E-state index contributed by atoms with van der Waals surface area (Å²) >= 11 is 6.09. The molecule has 170 valence electrons. The van der Waals surface area contributed by atoms with Gasteiger partial charge in [-0.05, 0) is 61.4 Å². The van der Waals surface area contributed by atoms with Gasteiger partial charge in [-0.3, -0.25) is 4.79 Å². The van der Waals surface area contributed by atoms with E-state index in [-0.39, 0.29) is 22.6 Å². The van der Waals surface area contributed by atoms with Crippen LogP contribution >= 0.6 is 11.6 Å². The lowest BCUT2D eigenvalue weighted by molar-refractivity contribution is -0.154. The van der Waals surface area contributed by atoms with Gasteiger partial charge in [-0.25, -0.2) is 4.79 Å². The maximum atomic E-state index is 13.7. The second-order valence-corrected chi connectivity index (χ2v) is 7.46. The van der Waals surface area contributed by atoms with E-state index in [1.807, 2.05) is 0 Å². The Morgan fingerprint density at radius 2 is 1.73 bits per heavy atom. The van der Waals surface area contributed by atoms with E-state index in [2.05, 4.69) is 0 Å². The predicted molar refractivity (Wildman–Crippen MR) is 112 cm³/mol. The van der Waals surface area contributed by atoms with E-state index in [1.165, 1.54) is 42.7 Å². The van der Waals surface area contributed by atoms with Gasteiger partial charge < -0.3 is 18.3 Å². The molecule has 0 unspecified atom stereocenters. The molecule has 10 heteroatoms. The molecule has 0 amide bonds. The lowest BCUT2D eigenvalue weighted by atomic mass is 10.1. The molecule has 0 aliphatic rings. The van der Waals surface area contributed by atoms with Crippen molar-refractivity contribution in [3.8, 4) is 17.2 Å². The molecule has 0 fully saturated rings. The van der Waals surface area contributed by atoms with E-state index < -0.39 is 34.7 Å². The molecule has 0 aliphatic carbocycles. The molecule has 0 bridgehead atoms. The van der Waals surface area contributed by atoms with Crippen LogP contribution in [0.15, 0.2) is 62.4 Å². The quantitative estimate of drug-likeness (QED) is 0.240. The minimum absolute atomic E-state index is 0.00412. The lowest BCUT2D eigenvalue weighted by Crippen LogP contribution is -2.15. The zero-order chi connectivity index (χ0) is 23.9. The van der Waals surface area contributed by atoms with E-state index >= 15 is 0 Å². The fourth-order valence-corrected chi connectivity index (χ4v) is 3.24. The van der Waals surface area contributed by atoms with Crippen molar-refractivity contribution in [1.29, 1.82) is 0 Å². The van der Waals surface area contributed by atoms with E-state index in [1.54, 1.807) is 13.8 Å². The number of alkyl halides is 3. The maximum absolute atomic E-state index is 13.7. The largest absolute Gasteiger partial charge is 0.457 e. The first kappa shape index (κ1) is 22.5. The molecule has 2 aromatic carbocycles. The summed E-state index contributed by atoms with van der Waals surface area (Å²) in [5.74, 6) is -3.76. The monoisotopic (exact) mass is 478 g/mol. The van der Waals surface area contributed by atoms with E-state index in [0.29, 0.717) is 16.1 Å². The average Bonchev–Trinajstić information content (AvgIpc) is 3.28. The Hall–Kier alpha value is -3.72. The number of hydrogen-bond donors (Lipinski definition) is 0. The van der Waals surface area contributed by atoms with Crippen molar-refractivity contribution in [2.24, 2.45) is 0 Å². The highest BCUT2D eigenvalue weighted by Crippen LogP contribution is 2.39. The van der Waals surface area contributed by atoms with Gasteiger partial charge in [0.2, 0.25) is 16.9 Å². The van der Waals surface area contributed by atoms with Crippen LogP contribution in [0.1, 0.15) is 27.4 Å². The summed E-state index contributed by atoms with van der Waals surface area (Å²) in [7, 11) is 0. The summed E-state index contributed by atoms with van der Waals surface area (Å²) in [4.78, 5) is 24.9. The van der Waals surface area contributed by atoms with Gasteiger partial charge >= 0.3 is 12.1 Å². The number of benzene rings is 2. The molecule has 6 nitrogen and oxygen atoms in total. The van der Waals surface area contributed by atoms with Crippen molar-refractivity contribution in [3.05, 3.63) is 86.6 Å². The summed E-state index contributed by atoms with van der Waals surface area (Å²) in [6.45, 7) is 3.31. The van der Waals surface area contributed by atoms with E-state index in [0.717, 1.165) is 6.07 Å². The van der Waals surface area contributed by atoms with Crippen LogP contribution in [0.2, 0.25) is 5.02 Å². The van der Waals surface area contributed by atoms with Crippen LogP contribution in [0, 0.1) is 13.8 Å². The number of rotatable bonds is 4. The molecule has 2 heterocycles. The first-order valence-corrected chi connectivity index (χ1v) is 9.80. The van der Waals surface area contributed by atoms with Gasteiger partial charge in [-0.1, -0.05) is 11.6 Å². The second-order valence-electron chi connectivity index (χ2n) is 7.09. The summed E-state index contributed by atoms with van der Waals surface area (Å²) in [5.41, 5.74) is -0.354. The van der Waals surface area contributed by atoms with Gasteiger partial charge in [0.05, 0.1) is 11.6 Å². The van der Waals surface area contributed by atoms with Crippen LogP contribution in [0.3, 0.4) is 0 Å². The van der Waals surface area contributed by atoms with Gasteiger partial charge in [-0.15, -0.1) is 0 Å². The molecule has 0 radical (unpaired) electrons. The fourth-order valence-electron chi connectivity index (χ4n) is 3.13. The van der Waals surface area contributed by atoms with Gasteiger partial charge in [-0.2, -0.15) is 13.2 Å². The molecule has 0 spiro atoms. The van der Waals surface area contributed by atoms with Crippen LogP contribution < -0.4 is 14.9 Å². The molecule has 0 saturated heterocycles. The number of aryl methyl sites for hydroxylation is 2. The number of esters is 1. The molecule has 0 aliphatic heterocycles. The average molecular weight is 479 g/mol. The SMILES string of the molecule is Cc1cc(Oc2c(C(F)(F)F)oc3cc(OC(=O)c4ccco4)ccc3c2=O)cc(C)c1Cl. The molecular formula is C23H14ClF3O6. The van der Waals surface area contributed by atoms with Crippen molar-refractivity contribution >= 4 is 28.5 Å². The van der Waals surface area contributed by atoms with Crippen molar-refractivity contribution < 1.29 is 36.3 Å². The summed E-state index contributed by atoms with van der Waals surface area (Å²) in [6.07, 6.45) is -3.78. The maximum Gasteiger partial charge on any atom is 0.453 e. The number of fused-ring (bicyclic) bond motifs is 1. The van der Waals surface area contributed by atoms with Crippen molar-refractivity contribution in [2.75, 3.05) is 0 Å². The van der Waals surface area contributed by atoms with Crippen LogP contribution in [-0.2, 0) is 6.18 Å². The number of hydrogen-bond acceptors (Lipinski definition) is 6. The van der Waals surface area contributed by atoms with Gasteiger partial charge in [0.15, 0.2) is 0 Å². The Morgan fingerprint density at radius 3 is 2.33 bits per heavy atom. The summed E-state index contributed by atoms with van der Waals surface area (Å²) < 4.78 is 61.6. The first-order valence-electron chi connectivity index (χ1n) is 9.43. The van der Waals surface area contributed by atoms with Crippen LogP contribution in [0.25, 0.3) is 11.0 Å². The van der Waals surface area contributed by atoms with Crippen LogP contribution in [0.5, 0.6) is 17.2 Å². The van der Waals surface area contributed by atoms with Crippen molar-refractivity contribution in [1.82, 2.24) is 0 Å². The summed E-state index contributed by atoms with van der Waals surface area (Å²) in [6, 6.07) is 9.08. The number of carbonyl (C=O) groups is 1. The molecular weight excluding hydrogens is 465 g/mol. The van der Waals surface area contributed by atoms with E-state index in [9.17, 15) is 22.8 Å². The molecule has 33 heavy (non-hydrogen) atoms. The third kappa shape index (κ3) is 4.45. The smallest absolute Gasteiger partial charge is 0.453 e. The molecule has 4 rings (SSSR count). The molecule has 0 saturated carbocycles. The van der Waals surface area contributed by atoms with Crippen molar-refractivity contribution in [2.45, 2.75) is 20.0 Å². The third-order valence-electron chi connectivity index (χ3n) is 4.64. The number of furan rings is 1. The minimum atomic E-state index is -5.04. The Morgan fingerprint density at radius 1 is 1.03 bits per heavy atom. The van der Waals surface area contributed by atoms with Gasteiger partial charge in [0.1, 0.15) is 17.1 Å². The molecule has 2 aromatic heterocycles. The zero-order valence-corrected chi connectivity index (χ0v) is 17.8. The Bertz CT molecular complexity index is 1400. The van der Waals surface area contributed by atoms with Crippen LogP contribution in [-0.4, -0.2) is 5.97 Å². The normalized spacial score (nSPS) is 11.6. The highest BCUT2D eigenvalue weighted by Gasteiger charge is 2.40. The lowest BCUT2D eigenvalue weighted by Gasteiger charge is -2.14. The Balaban J connectivity index is 1.80. The van der Waals surface area contributed by atoms with Gasteiger partial charge in [0.25, 0.3) is 5.76 Å². The highest BCUT2D eigenvalue weighted by molar-refractivity contribution is 6.32. The Kier molecular flexibility index (Phi) is 5.67. The number of ether oxygens (including phenoxy) is 2. The van der Waals surface area contributed by atoms with E-state index in [4.69, 9.17) is 29.9 Å². The fraction of sp³-hybridized carbons (Fsp3) is 0.130. The topological polar surface area (TPSA) is 78.9 Å². The number of halogens is 4. The van der Waals surface area contributed by atoms with Crippen LogP contribution in [0.4, 0.5) is 13.2 Å². The zero-order valence-electron chi connectivity index (χ0n) is 17.1. The highest BCUT2D eigenvalue weighted by atomic mass is 35.5. The predicted octanol–water partition coefficient (Wildman–Crippen LogP) is 6.69. The Labute approximate surface area is 189 Å². The molecule has 0 atom stereocenters.